The second-order valence-corrected chi connectivity index (χ2v) is 10.9. The number of carbonyl (C=O) groups excluding carboxylic acids is 3. The Kier molecular flexibility index (Phi) is 8.09. The van der Waals surface area contributed by atoms with E-state index in [0.717, 1.165) is 24.3 Å². The SMILES string of the molecule is CC(=O)Nc1ccc(S(=O)(=O)N2CC[C@@H](CC(=O)[O-])[C@@H](CC[NH+]3CCC[C@H]3C(N)=O)C2)cc1. The second-order valence-electron chi connectivity index (χ2n) is 9.00. The largest absolute Gasteiger partial charge is 0.550 e. The molecule has 0 saturated carbocycles. The van der Waals surface area contributed by atoms with Crippen LogP contribution in [-0.4, -0.2) is 62.7 Å². The van der Waals surface area contributed by atoms with Gasteiger partial charge in [-0.1, -0.05) is 0 Å². The van der Waals surface area contributed by atoms with E-state index in [2.05, 4.69) is 5.32 Å². The number of carbonyl (C=O) groups is 3. The van der Waals surface area contributed by atoms with Crippen LogP contribution in [0.15, 0.2) is 29.2 Å². The van der Waals surface area contributed by atoms with E-state index < -0.39 is 16.0 Å². The van der Waals surface area contributed by atoms with Crippen molar-refractivity contribution in [2.45, 2.75) is 50.0 Å². The number of nitrogens with two attached hydrogens (primary N) is 1. The number of aliphatic carboxylic acids is 1. The minimum Gasteiger partial charge on any atom is -0.550 e. The number of nitrogens with one attached hydrogen (secondary N) is 2. The molecule has 2 heterocycles. The summed E-state index contributed by atoms with van der Waals surface area (Å²) < 4.78 is 27.9. The van der Waals surface area contributed by atoms with Crippen molar-refractivity contribution in [2.24, 2.45) is 17.6 Å². The van der Waals surface area contributed by atoms with Crippen LogP contribution in [0, 0.1) is 11.8 Å². The first kappa shape index (κ1) is 25.1. The van der Waals surface area contributed by atoms with E-state index >= 15 is 0 Å². The molecule has 4 N–H and O–H groups in total. The fourth-order valence-corrected chi connectivity index (χ4v) is 6.57. The third-order valence-electron chi connectivity index (χ3n) is 6.76. The zero-order valence-corrected chi connectivity index (χ0v) is 19.6. The molecule has 1 unspecified atom stereocenters. The Morgan fingerprint density at radius 2 is 1.88 bits per heavy atom. The number of quaternary nitrogens is 1. The van der Waals surface area contributed by atoms with Crippen LogP contribution in [0.4, 0.5) is 5.69 Å². The van der Waals surface area contributed by atoms with Gasteiger partial charge in [0.2, 0.25) is 15.9 Å². The average molecular weight is 481 g/mol. The number of primary amides is 1. The number of carboxylic acid groups (broad SMARTS) is 1. The van der Waals surface area contributed by atoms with Gasteiger partial charge in [-0.3, -0.25) is 9.59 Å². The predicted molar refractivity (Wildman–Crippen MR) is 118 cm³/mol. The lowest BCUT2D eigenvalue weighted by Gasteiger charge is -2.38. The lowest BCUT2D eigenvalue weighted by atomic mass is 9.82. The standard InChI is InChI=1S/C22H32N4O6S/c1-15(27)24-18-4-6-19(7-5-18)33(31,32)26-12-9-16(13-21(28)29)17(14-26)8-11-25-10-2-3-20(25)22(23)30/h4-7,16-17,20H,2-3,8-14H2,1H3,(H2,23,30)(H,24,27)(H,28,29)/t16-,17-,20-/m0/s1. The Bertz CT molecular complexity index is 981. The Hall–Kier alpha value is -2.50. The molecule has 2 aliphatic rings. The Labute approximate surface area is 194 Å². The molecule has 2 saturated heterocycles. The molecule has 11 heteroatoms. The van der Waals surface area contributed by atoms with E-state index in [1.807, 2.05) is 0 Å². The zero-order valence-electron chi connectivity index (χ0n) is 18.8. The molecule has 2 aliphatic heterocycles. The first-order chi connectivity index (χ1) is 15.6. The highest BCUT2D eigenvalue weighted by Crippen LogP contribution is 2.32. The van der Waals surface area contributed by atoms with E-state index in [1.165, 1.54) is 35.5 Å². The van der Waals surface area contributed by atoms with Crippen molar-refractivity contribution in [3.8, 4) is 0 Å². The van der Waals surface area contributed by atoms with Crippen LogP contribution in [0.3, 0.4) is 0 Å². The molecule has 0 radical (unpaired) electrons. The van der Waals surface area contributed by atoms with Crippen molar-refractivity contribution in [1.82, 2.24) is 4.31 Å². The zero-order chi connectivity index (χ0) is 24.2. The van der Waals surface area contributed by atoms with Crippen LogP contribution in [0.2, 0.25) is 0 Å². The van der Waals surface area contributed by atoms with Crippen molar-refractivity contribution >= 4 is 33.5 Å². The molecule has 0 spiro atoms. The summed E-state index contributed by atoms with van der Waals surface area (Å²) in [5.74, 6) is -2.06. The first-order valence-electron chi connectivity index (χ1n) is 11.3. The van der Waals surface area contributed by atoms with Gasteiger partial charge in [-0.05, 0) is 48.9 Å². The maximum atomic E-state index is 13.2. The van der Waals surface area contributed by atoms with Crippen molar-refractivity contribution in [3.05, 3.63) is 24.3 Å². The number of benzene rings is 1. The number of anilines is 1. The fraction of sp³-hybridized carbons (Fsp3) is 0.591. The van der Waals surface area contributed by atoms with Crippen LogP contribution >= 0.6 is 0 Å². The van der Waals surface area contributed by atoms with Gasteiger partial charge < -0.3 is 25.9 Å². The maximum absolute atomic E-state index is 13.2. The van der Waals surface area contributed by atoms with Crippen LogP contribution in [0.5, 0.6) is 0 Å². The third-order valence-corrected chi connectivity index (χ3v) is 8.64. The highest BCUT2D eigenvalue weighted by atomic mass is 32.2. The topological polar surface area (TPSA) is 154 Å². The molecule has 0 aliphatic carbocycles. The summed E-state index contributed by atoms with van der Waals surface area (Å²) in [7, 11) is -3.78. The number of sulfonamides is 1. The highest BCUT2D eigenvalue weighted by Gasteiger charge is 2.38. The van der Waals surface area contributed by atoms with Gasteiger partial charge in [0, 0.05) is 50.9 Å². The van der Waals surface area contributed by atoms with E-state index in [4.69, 9.17) is 5.73 Å². The number of hydrogen-bond donors (Lipinski definition) is 3. The third kappa shape index (κ3) is 6.30. The molecule has 0 aromatic heterocycles. The number of piperidine rings is 1. The summed E-state index contributed by atoms with van der Waals surface area (Å²) in [4.78, 5) is 35.4. The van der Waals surface area contributed by atoms with Gasteiger partial charge in [0.25, 0.3) is 5.91 Å². The van der Waals surface area contributed by atoms with Crippen LogP contribution in [0.25, 0.3) is 0 Å². The molecule has 2 amide bonds. The lowest BCUT2D eigenvalue weighted by molar-refractivity contribution is -0.903. The van der Waals surface area contributed by atoms with Gasteiger partial charge in [-0.15, -0.1) is 0 Å². The number of rotatable bonds is 9. The molecule has 10 nitrogen and oxygen atoms in total. The maximum Gasteiger partial charge on any atom is 0.275 e. The number of carboxylic acids is 1. The molecule has 3 rings (SSSR count). The van der Waals surface area contributed by atoms with Crippen LogP contribution < -0.4 is 21.1 Å². The molecule has 182 valence electrons. The van der Waals surface area contributed by atoms with Gasteiger partial charge in [0.15, 0.2) is 6.04 Å². The molecule has 1 aromatic carbocycles. The fourth-order valence-electron chi connectivity index (χ4n) is 5.06. The monoisotopic (exact) mass is 480 g/mol. The van der Waals surface area contributed by atoms with Crippen LogP contribution in [-0.2, 0) is 24.4 Å². The molecule has 4 atom stereocenters. The van der Waals surface area contributed by atoms with Gasteiger partial charge in [-0.2, -0.15) is 4.31 Å². The van der Waals surface area contributed by atoms with E-state index in [1.54, 1.807) is 0 Å². The summed E-state index contributed by atoms with van der Waals surface area (Å²) in [6.45, 7) is 3.28. The Balaban J connectivity index is 1.72. The quantitative estimate of drug-likeness (QED) is 0.384. The van der Waals surface area contributed by atoms with Crippen molar-refractivity contribution in [1.29, 1.82) is 0 Å². The Morgan fingerprint density at radius 3 is 2.48 bits per heavy atom. The van der Waals surface area contributed by atoms with Crippen molar-refractivity contribution < 1.29 is 32.8 Å². The normalized spacial score (nSPS) is 26.1. The average Bonchev–Trinajstić information content (AvgIpc) is 3.21. The summed E-state index contributed by atoms with van der Waals surface area (Å²) >= 11 is 0. The molecule has 0 bridgehead atoms. The number of hydrogen-bond acceptors (Lipinski definition) is 6. The first-order valence-corrected chi connectivity index (χ1v) is 12.7. The second kappa shape index (κ2) is 10.6. The van der Waals surface area contributed by atoms with Gasteiger partial charge in [-0.25, -0.2) is 8.42 Å². The minimum absolute atomic E-state index is 0.113. The minimum atomic E-state index is -3.78. The molecular formula is C22H32N4O6S. The smallest absolute Gasteiger partial charge is 0.275 e. The molecule has 2 fully saturated rings. The Morgan fingerprint density at radius 1 is 1.18 bits per heavy atom. The molecule has 1 aromatic rings. The molecule has 33 heavy (non-hydrogen) atoms. The van der Waals surface area contributed by atoms with Crippen molar-refractivity contribution in [2.75, 3.05) is 31.5 Å². The van der Waals surface area contributed by atoms with E-state index in [9.17, 15) is 27.9 Å². The number of likely N-dealkylation sites (tertiary alicyclic amines) is 1. The summed E-state index contributed by atoms with van der Waals surface area (Å²) in [5.41, 5.74) is 6.02. The van der Waals surface area contributed by atoms with Gasteiger partial charge >= 0.3 is 0 Å². The lowest BCUT2D eigenvalue weighted by Crippen LogP contribution is -3.15. The van der Waals surface area contributed by atoms with Crippen LogP contribution in [0.1, 0.15) is 39.0 Å². The number of nitrogens with zero attached hydrogens (tertiary/aromatic N) is 1. The van der Waals surface area contributed by atoms with Gasteiger partial charge in [0.1, 0.15) is 0 Å². The van der Waals surface area contributed by atoms with Crippen molar-refractivity contribution in [3.63, 3.8) is 0 Å². The molecular weight excluding hydrogens is 448 g/mol. The van der Waals surface area contributed by atoms with E-state index in [0.29, 0.717) is 25.1 Å². The van der Waals surface area contributed by atoms with E-state index in [-0.39, 0.29) is 54.1 Å². The summed E-state index contributed by atoms with van der Waals surface area (Å²) in [5, 5.41) is 13.9. The summed E-state index contributed by atoms with van der Waals surface area (Å²) in [6, 6.07) is 5.74. The highest BCUT2D eigenvalue weighted by molar-refractivity contribution is 7.89. The summed E-state index contributed by atoms with van der Waals surface area (Å²) in [6.07, 6.45) is 2.57. The van der Waals surface area contributed by atoms with Gasteiger partial charge in [0.05, 0.1) is 18.0 Å². The predicted octanol–water partition coefficient (Wildman–Crippen LogP) is -1.67. The number of amides is 2.